The van der Waals surface area contributed by atoms with Crippen molar-refractivity contribution in [3.05, 3.63) is 94.7 Å². The second-order valence-electron chi connectivity index (χ2n) is 9.62. The second-order valence-corrected chi connectivity index (χ2v) is 9.62. The smallest absolute Gasteiger partial charge is 0.269 e. The highest BCUT2D eigenvalue weighted by atomic mass is 16.6. The lowest BCUT2D eigenvalue weighted by molar-refractivity contribution is -0.966. The number of aliphatic hydroxyl groups excluding tert-OH is 1. The van der Waals surface area contributed by atoms with Crippen LogP contribution in [0.2, 0.25) is 0 Å². The predicted molar refractivity (Wildman–Crippen MR) is 129 cm³/mol. The van der Waals surface area contributed by atoms with Gasteiger partial charge in [0.25, 0.3) is 5.69 Å². The number of piperidine rings is 3. The number of carbonyl (C=O) groups is 1. The Morgan fingerprint density at radius 3 is 2.74 bits per heavy atom. The van der Waals surface area contributed by atoms with E-state index in [2.05, 4.69) is 11.6 Å². The summed E-state index contributed by atoms with van der Waals surface area (Å²) >= 11 is 0. The van der Waals surface area contributed by atoms with Crippen LogP contribution in [0.1, 0.15) is 34.9 Å². The molecule has 3 aliphatic heterocycles. The third-order valence-corrected chi connectivity index (χ3v) is 7.90. The number of benzene rings is 2. The lowest BCUT2D eigenvalue weighted by Crippen LogP contribution is -2.69. The zero-order chi connectivity index (χ0) is 23.9. The molecule has 0 saturated carbocycles. The Hall–Kier alpha value is -3.42. The van der Waals surface area contributed by atoms with Crippen LogP contribution >= 0.6 is 0 Å². The maximum Gasteiger partial charge on any atom is 0.269 e. The first-order chi connectivity index (χ1) is 16.4. The molecule has 0 spiro atoms. The van der Waals surface area contributed by atoms with Crippen LogP contribution < -0.4 is 0 Å². The van der Waals surface area contributed by atoms with Gasteiger partial charge in [-0.1, -0.05) is 24.3 Å². The molecule has 0 amide bonds. The van der Waals surface area contributed by atoms with E-state index >= 15 is 0 Å². The zero-order valence-corrected chi connectivity index (χ0v) is 18.9. The fraction of sp³-hybridized carbons (Fsp3) is 0.333. The maximum absolute atomic E-state index is 13.4. The molecule has 3 aliphatic rings. The summed E-state index contributed by atoms with van der Waals surface area (Å²) in [7, 11) is 0. The molecule has 2 aromatic carbocycles. The Morgan fingerprint density at radius 2 is 2.00 bits per heavy atom. The van der Waals surface area contributed by atoms with E-state index < -0.39 is 11.0 Å². The van der Waals surface area contributed by atoms with Gasteiger partial charge in [0.05, 0.1) is 23.5 Å². The molecule has 3 saturated heterocycles. The summed E-state index contributed by atoms with van der Waals surface area (Å²) < 4.78 is 0.501. The van der Waals surface area contributed by atoms with Crippen LogP contribution in [-0.2, 0) is 0 Å². The Labute approximate surface area is 198 Å². The average molecular weight is 459 g/mol. The number of nitrogens with zero attached hydrogens (tertiary/aromatic N) is 3. The van der Waals surface area contributed by atoms with E-state index in [1.165, 1.54) is 24.3 Å². The molecule has 5 atom stereocenters. The van der Waals surface area contributed by atoms with E-state index in [4.69, 9.17) is 0 Å². The summed E-state index contributed by atoms with van der Waals surface area (Å²) in [5.41, 5.74) is 2.11. The van der Waals surface area contributed by atoms with Crippen LogP contribution in [0.25, 0.3) is 10.9 Å². The molecule has 2 bridgehead atoms. The fourth-order valence-corrected chi connectivity index (χ4v) is 6.11. The summed E-state index contributed by atoms with van der Waals surface area (Å²) in [6.45, 7) is 5.87. The van der Waals surface area contributed by atoms with Gasteiger partial charge in [0.15, 0.2) is 0 Å². The van der Waals surface area contributed by atoms with E-state index in [0.29, 0.717) is 21.9 Å². The van der Waals surface area contributed by atoms with Gasteiger partial charge in [-0.3, -0.25) is 19.9 Å². The van der Waals surface area contributed by atoms with Gasteiger partial charge in [0.1, 0.15) is 18.7 Å². The minimum Gasteiger partial charge on any atom is -0.382 e. The molecule has 0 aliphatic carbocycles. The van der Waals surface area contributed by atoms with Crippen LogP contribution in [0.5, 0.6) is 0 Å². The van der Waals surface area contributed by atoms with Gasteiger partial charge in [-0.15, -0.1) is 6.58 Å². The van der Waals surface area contributed by atoms with Crippen LogP contribution in [-0.4, -0.2) is 51.0 Å². The number of hydrogen-bond donors (Lipinski definition) is 1. The molecular weight excluding hydrogens is 430 g/mol. The van der Waals surface area contributed by atoms with E-state index in [1.54, 1.807) is 6.20 Å². The van der Waals surface area contributed by atoms with Crippen molar-refractivity contribution in [3.63, 3.8) is 0 Å². The van der Waals surface area contributed by atoms with Crippen LogP contribution in [0.3, 0.4) is 0 Å². The predicted octanol–water partition coefficient (Wildman–Crippen LogP) is 4.47. The number of carbonyl (C=O) groups excluding carboxylic acids is 1. The number of pyridine rings is 1. The highest BCUT2D eigenvalue weighted by Crippen LogP contribution is 2.47. The summed E-state index contributed by atoms with van der Waals surface area (Å²) in [5.74, 6) is 0.686. The second kappa shape index (κ2) is 8.74. The van der Waals surface area contributed by atoms with Gasteiger partial charge >= 0.3 is 0 Å². The summed E-state index contributed by atoms with van der Waals surface area (Å²) in [6, 6.07) is 15.4. The van der Waals surface area contributed by atoms with Gasteiger partial charge in [0.2, 0.25) is 5.78 Å². The number of non-ortho nitro benzene ring substituents is 1. The quantitative estimate of drug-likeness (QED) is 0.185. The summed E-state index contributed by atoms with van der Waals surface area (Å²) in [6.07, 6.45) is 4.81. The number of hydrogen-bond acceptors (Lipinski definition) is 5. The number of nitro groups is 1. The zero-order valence-electron chi connectivity index (χ0n) is 18.9. The molecule has 174 valence electrons. The SMILES string of the molecule is C=C[C@H]1C[N@+]2(CC(=O)c3ccc([N+](=O)[O-])cc3)CC[C@H]1C[C@@H]2[C@@H](O)c1ccnc2ccccc12. The average Bonchev–Trinajstić information content (AvgIpc) is 2.87. The lowest BCUT2D eigenvalue weighted by Gasteiger charge is -2.57. The molecule has 0 radical (unpaired) electrons. The van der Waals surface area contributed by atoms with Crippen molar-refractivity contribution in [3.8, 4) is 0 Å². The van der Waals surface area contributed by atoms with Gasteiger partial charge in [-0.2, -0.15) is 0 Å². The number of aromatic nitrogens is 1. The molecule has 3 fully saturated rings. The number of aliphatic hydroxyl groups is 1. The highest BCUT2D eigenvalue weighted by molar-refractivity contribution is 5.97. The van der Waals surface area contributed by atoms with Crippen molar-refractivity contribution in [2.75, 3.05) is 19.6 Å². The number of fused-ring (bicyclic) bond motifs is 4. The minimum absolute atomic E-state index is 0.0352. The molecule has 0 unspecified atom stereocenters. The number of Topliss-reactive ketones (excluding diaryl/α,β-unsaturated/α-hetero) is 1. The van der Waals surface area contributed by atoms with Gasteiger partial charge < -0.3 is 9.59 Å². The monoisotopic (exact) mass is 458 g/mol. The number of ketones is 1. The van der Waals surface area contributed by atoms with Crippen LogP contribution in [0, 0.1) is 22.0 Å². The molecule has 4 heterocycles. The van der Waals surface area contributed by atoms with Crippen molar-refractivity contribution in [2.24, 2.45) is 11.8 Å². The lowest BCUT2D eigenvalue weighted by atomic mass is 9.71. The fourth-order valence-electron chi connectivity index (χ4n) is 6.11. The third kappa shape index (κ3) is 3.81. The van der Waals surface area contributed by atoms with Crippen molar-refractivity contribution >= 4 is 22.4 Å². The molecular formula is C27H28N3O4+. The Bertz CT molecular complexity index is 1250. The highest BCUT2D eigenvalue weighted by Gasteiger charge is 2.54. The first kappa shape index (κ1) is 22.4. The normalized spacial score (nSPS) is 26.8. The van der Waals surface area contributed by atoms with Gasteiger partial charge in [-0.25, -0.2) is 0 Å². The molecule has 6 rings (SSSR count). The Morgan fingerprint density at radius 1 is 1.24 bits per heavy atom. The number of rotatable bonds is 7. The van der Waals surface area contributed by atoms with E-state index in [-0.39, 0.29) is 24.1 Å². The Kier molecular flexibility index (Phi) is 5.75. The first-order valence-corrected chi connectivity index (χ1v) is 11.7. The van der Waals surface area contributed by atoms with E-state index in [9.17, 15) is 20.0 Å². The molecule has 1 aromatic heterocycles. The van der Waals surface area contributed by atoms with Crippen LogP contribution in [0.15, 0.2) is 73.4 Å². The van der Waals surface area contributed by atoms with Crippen LogP contribution in [0.4, 0.5) is 5.69 Å². The molecule has 1 N–H and O–H groups in total. The van der Waals surface area contributed by atoms with Crippen molar-refractivity contribution in [2.45, 2.75) is 25.0 Å². The summed E-state index contributed by atoms with van der Waals surface area (Å²) in [5, 5.41) is 23.6. The standard InChI is InChI=1S/C27H28N3O4/c1-2-18-16-30(17-26(31)19-7-9-21(10-8-19)29(33)34)14-12-20(18)15-25(30)27(32)23-11-13-28-24-6-4-3-5-22(23)24/h2-11,13,18,20,25,27,32H,1,12,14-17H2/q+1/t18-,20-,25+,27-,30-/m0/s1. The van der Waals surface area contributed by atoms with Crippen molar-refractivity contribution in [1.82, 2.24) is 4.98 Å². The number of para-hydroxylation sites is 1. The molecule has 7 heteroatoms. The van der Waals surface area contributed by atoms with Gasteiger partial charge in [0, 0.05) is 48.0 Å². The van der Waals surface area contributed by atoms with Crippen molar-refractivity contribution < 1.29 is 19.3 Å². The minimum atomic E-state index is -0.730. The largest absolute Gasteiger partial charge is 0.382 e. The maximum atomic E-state index is 13.4. The summed E-state index contributed by atoms with van der Waals surface area (Å²) in [4.78, 5) is 28.3. The Balaban J connectivity index is 1.49. The first-order valence-electron chi connectivity index (χ1n) is 11.7. The van der Waals surface area contributed by atoms with E-state index in [0.717, 1.165) is 42.4 Å². The third-order valence-electron chi connectivity index (χ3n) is 7.90. The molecule has 7 nitrogen and oxygen atoms in total. The van der Waals surface area contributed by atoms with Gasteiger partial charge in [-0.05, 0) is 35.7 Å². The number of nitro benzene ring substituents is 1. The molecule has 3 aromatic rings. The van der Waals surface area contributed by atoms with Crippen molar-refractivity contribution in [1.29, 1.82) is 0 Å². The van der Waals surface area contributed by atoms with E-state index in [1.807, 2.05) is 36.4 Å². The number of quaternary nitrogens is 1. The topological polar surface area (TPSA) is 93.3 Å². The molecule has 34 heavy (non-hydrogen) atoms.